The van der Waals surface area contributed by atoms with E-state index in [2.05, 4.69) is 5.32 Å². The first kappa shape index (κ1) is 16.7. The summed E-state index contributed by atoms with van der Waals surface area (Å²) in [6.07, 6.45) is -6.92. The lowest BCUT2D eigenvalue weighted by atomic mass is 9.89. The molecule has 2 rings (SSSR count). The van der Waals surface area contributed by atoms with Crippen LogP contribution in [0, 0.1) is 0 Å². The largest absolute Gasteiger partial charge is 0.416 e. The normalized spacial score (nSPS) is 24.8. The van der Waals surface area contributed by atoms with Crippen LogP contribution in [0.25, 0.3) is 0 Å². The van der Waals surface area contributed by atoms with Crippen molar-refractivity contribution in [3.05, 3.63) is 35.4 Å². The fraction of sp³-hybridized carbons (Fsp3) is 0.500. The van der Waals surface area contributed by atoms with Crippen LogP contribution in [0.2, 0.25) is 0 Å². The molecule has 1 aliphatic carbocycles. The van der Waals surface area contributed by atoms with E-state index >= 15 is 0 Å². The van der Waals surface area contributed by atoms with Gasteiger partial charge >= 0.3 is 6.18 Å². The standard InChI is InChI=1S/C14H14F5NO2/c15-13(16)6-5-11(21)10(7-13)20-12(22)8-1-3-9(4-2-8)14(17,18)19/h1-4,10-11,21H,5-7H2,(H,20,22)/t10-,11-/m0/s1. The SMILES string of the molecule is O=C(N[C@H]1CC(F)(F)CC[C@@H]1O)c1ccc(C(F)(F)F)cc1. The van der Waals surface area contributed by atoms with Crippen LogP contribution in [0.15, 0.2) is 24.3 Å². The van der Waals surface area contributed by atoms with Crippen molar-refractivity contribution in [1.82, 2.24) is 5.32 Å². The maximum Gasteiger partial charge on any atom is 0.416 e. The summed E-state index contributed by atoms with van der Waals surface area (Å²) >= 11 is 0. The number of benzene rings is 1. The number of hydrogen-bond acceptors (Lipinski definition) is 2. The number of aliphatic hydroxyl groups excluding tert-OH is 1. The van der Waals surface area contributed by atoms with E-state index in [1.807, 2.05) is 0 Å². The van der Waals surface area contributed by atoms with E-state index < -0.39 is 48.6 Å². The average Bonchev–Trinajstić information content (AvgIpc) is 2.42. The molecule has 0 unspecified atom stereocenters. The summed E-state index contributed by atoms with van der Waals surface area (Å²) in [5, 5.41) is 11.9. The Morgan fingerprint density at radius 3 is 2.36 bits per heavy atom. The zero-order valence-electron chi connectivity index (χ0n) is 11.3. The number of carbonyl (C=O) groups is 1. The Bertz CT molecular complexity index is 541. The molecule has 0 saturated heterocycles. The molecule has 0 aromatic heterocycles. The lowest BCUT2D eigenvalue weighted by Crippen LogP contribution is -2.50. The zero-order chi connectivity index (χ0) is 16.5. The van der Waals surface area contributed by atoms with Gasteiger partial charge in [0.05, 0.1) is 17.7 Å². The van der Waals surface area contributed by atoms with E-state index in [1.165, 1.54) is 0 Å². The molecule has 0 spiro atoms. The number of alkyl halides is 5. The molecule has 1 saturated carbocycles. The van der Waals surface area contributed by atoms with Crippen molar-refractivity contribution in [2.45, 2.75) is 43.5 Å². The third kappa shape index (κ3) is 3.94. The quantitative estimate of drug-likeness (QED) is 0.822. The Hall–Kier alpha value is -1.70. The predicted molar refractivity (Wildman–Crippen MR) is 67.5 cm³/mol. The van der Waals surface area contributed by atoms with Crippen LogP contribution < -0.4 is 5.32 Å². The molecule has 1 aromatic rings. The van der Waals surface area contributed by atoms with Gasteiger partial charge in [-0.2, -0.15) is 13.2 Å². The summed E-state index contributed by atoms with van der Waals surface area (Å²) in [4.78, 5) is 11.9. The predicted octanol–water partition coefficient (Wildman–Crippen LogP) is 2.98. The van der Waals surface area contributed by atoms with Crippen LogP contribution in [0.4, 0.5) is 22.0 Å². The van der Waals surface area contributed by atoms with Crippen molar-refractivity contribution in [3.63, 3.8) is 0 Å². The number of hydrogen-bond donors (Lipinski definition) is 2. The third-order valence-electron chi connectivity index (χ3n) is 3.58. The smallest absolute Gasteiger partial charge is 0.391 e. The van der Waals surface area contributed by atoms with Crippen molar-refractivity contribution < 1.29 is 31.9 Å². The number of rotatable bonds is 2. The van der Waals surface area contributed by atoms with Gasteiger partial charge in [-0.1, -0.05) is 0 Å². The Balaban J connectivity index is 2.05. The van der Waals surface area contributed by atoms with Crippen molar-refractivity contribution >= 4 is 5.91 Å². The number of halogens is 5. The first-order chi connectivity index (χ1) is 10.1. The van der Waals surface area contributed by atoms with Gasteiger partial charge in [-0.25, -0.2) is 8.78 Å². The fourth-order valence-corrected chi connectivity index (χ4v) is 2.33. The molecule has 1 fully saturated rings. The summed E-state index contributed by atoms with van der Waals surface area (Å²) in [6, 6.07) is 2.28. The van der Waals surface area contributed by atoms with Crippen LogP contribution in [0.3, 0.4) is 0 Å². The minimum Gasteiger partial charge on any atom is -0.391 e. The summed E-state index contributed by atoms with van der Waals surface area (Å²) in [5.41, 5.74) is -0.998. The molecule has 1 aromatic carbocycles. The summed E-state index contributed by atoms with van der Waals surface area (Å²) < 4.78 is 63.8. The highest BCUT2D eigenvalue weighted by atomic mass is 19.4. The first-order valence-corrected chi connectivity index (χ1v) is 6.62. The number of amides is 1. The Morgan fingerprint density at radius 2 is 1.82 bits per heavy atom. The van der Waals surface area contributed by atoms with Gasteiger partial charge in [-0.05, 0) is 30.7 Å². The van der Waals surface area contributed by atoms with Crippen LogP contribution in [-0.4, -0.2) is 29.1 Å². The molecule has 0 radical (unpaired) electrons. The van der Waals surface area contributed by atoms with Gasteiger partial charge < -0.3 is 10.4 Å². The molecule has 1 amide bonds. The van der Waals surface area contributed by atoms with Crippen LogP contribution in [0.1, 0.15) is 35.2 Å². The van der Waals surface area contributed by atoms with Crippen molar-refractivity contribution in [3.8, 4) is 0 Å². The lowest BCUT2D eigenvalue weighted by molar-refractivity contribution is -0.137. The second-order valence-electron chi connectivity index (χ2n) is 5.32. The molecule has 2 atom stereocenters. The van der Waals surface area contributed by atoms with Crippen LogP contribution in [0.5, 0.6) is 0 Å². The van der Waals surface area contributed by atoms with Crippen LogP contribution >= 0.6 is 0 Å². The Kier molecular flexibility index (Phi) is 4.42. The monoisotopic (exact) mass is 323 g/mol. The first-order valence-electron chi connectivity index (χ1n) is 6.62. The zero-order valence-corrected chi connectivity index (χ0v) is 11.3. The minimum absolute atomic E-state index is 0.0888. The molecule has 0 heterocycles. The summed E-state index contributed by atoms with van der Waals surface area (Å²) in [5.74, 6) is -3.77. The summed E-state index contributed by atoms with van der Waals surface area (Å²) in [7, 11) is 0. The number of aliphatic hydroxyl groups is 1. The molecule has 8 heteroatoms. The van der Waals surface area contributed by atoms with Crippen molar-refractivity contribution in [2.75, 3.05) is 0 Å². The fourth-order valence-electron chi connectivity index (χ4n) is 2.33. The number of carbonyl (C=O) groups excluding carboxylic acids is 1. The van der Waals surface area contributed by atoms with Gasteiger partial charge in [-0.3, -0.25) is 4.79 Å². The topological polar surface area (TPSA) is 49.3 Å². The molecule has 2 N–H and O–H groups in total. The van der Waals surface area contributed by atoms with Gasteiger partial charge in [-0.15, -0.1) is 0 Å². The molecule has 122 valence electrons. The molecule has 3 nitrogen and oxygen atoms in total. The van der Waals surface area contributed by atoms with Crippen LogP contribution in [-0.2, 0) is 6.18 Å². The van der Waals surface area contributed by atoms with Crippen molar-refractivity contribution in [1.29, 1.82) is 0 Å². The van der Waals surface area contributed by atoms with Crippen molar-refractivity contribution in [2.24, 2.45) is 0 Å². The van der Waals surface area contributed by atoms with Gasteiger partial charge in [0.1, 0.15) is 0 Å². The van der Waals surface area contributed by atoms with E-state index in [9.17, 15) is 31.9 Å². The molecule has 22 heavy (non-hydrogen) atoms. The van der Waals surface area contributed by atoms with Gasteiger partial charge in [0.25, 0.3) is 5.91 Å². The second-order valence-corrected chi connectivity index (χ2v) is 5.32. The average molecular weight is 323 g/mol. The molecule has 1 aliphatic rings. The molecule has 0 aliphatic heterocycles. The molecular weight excluding hydrogens is 309 g/mol. The molecule has 0 bridgehead atoms. The highest BCUT2D eigenvalue weighted by Gasteiger charge is 2.41. The highest BCUT2D eigenvalue weighted by molar-refractivity contribution is 5.94. The lowest BCUT2D eigenvalue weighted by Gasteiger charge is -2.33. The third-order valence-corrected chi connectivity index (χ3v) is 3.58. The van der Waals surface area contributed by atoms with Gasteiger partial charge in [0.2, 0.25) is 5.92 Å². The van der Waals surface area contributed by atoms with Gasteiger partial charge in [0.15, 0.2) is 0 Å². The van der Waals surface area contributed by atoms with E-state index in [0.29, 0.717) is 0 Å². The van der Waals surface area contributed by atoms with Gasteiger partial charge in [0, 0.05) is 18.4 Å². The maximum absolute atomic E-state index is 13.3. The van der Waals surface area contributed by atoms with E-state index in [0.717, 1.165) is 24.3 Å². The Morgan fingerprint density at radius 1 is 1.23 bits per heavy atom. The maximum atomic E-state index is 13.3. The minimum atomic E-state index is -4.52. The Labute approximate surface area is 123 Å². The van der Waals surface area contributed by atoms with E-state index in [4.69, 9.17) is 0 Å². The van der Waals surface area contributed by atoms with E-state index in [-0.39, 0.29) is 12.0 Å². The highest BCUT2D eigenvalue weighted by Crippen LogP contribution is 2.33. The second kappa shape index (κ2) is 5.83. The van der Waals surface area contributed by atoms with E-state index in [1.54, 1.807) is 0 Å². The summed E-state index contributed by atoms with van der Waals surface area (Å²) in [6.45, 7) is 0. The molecular formula is C14H14F5NO2. The number of nitrogens with one attached hydrogen (secondary N) is 1.